The van der Waals surface area contributed by atoms with Crippen LogP contribution in [0.1, 0.15) is 17.8 Å². The fraction of sp³-hybridized carbons (Fsp3) is 0.312. The standard InChI is InChI=1S/C16H17ClN4O/c1-10-8-11(2)19-16(18-10)20-14-6-7-21(15(14)22)13-5-3-4-12(17)9-13/h3-5,8-9,14H,6-7H2,1-2H3,(H,18,19,20). The lowest BCUT2D eigenvalue weighted by molar-refractivity contribution is -0.117. The molecule has 1 amide bonds. The third-order valence-electron chi connectivity index (χ3n) is 3.61. The first kappa shape index (κ1) is 14.8. The van der Waals surface area contributed by atoms with Crippen LogP contribution in [0.4, 0.5) is 11.6 Å². The van der Waals surface area contributed by atoms with Crippen LogP contribution < -0.4 is 10.2 Å². The zero-order chi connectivity index (χ0) is 15.7. The van der Waals surface area contributed by atoms with Crippen LogP contribution in [0.15, 0.2) is 30.3 Å². The number of nitrogens with zero attached hydrogens (tertiary/aromatic N) is 3. The molecule has 0 bridgehead atoms. The third kappa shape index (κ3) is 3.04. The van der Waals surface area contributed by atoms with E-state index in [9.17, 15) is 4.79 Å². The van der Waals surface area contributed by atoms with Crippen molar-refractivity contribution < 1.29 is 4.79 Å². The Labute approximate surface area is 134 Å². The van der Waals surface area contributed by atoms with Gasteiger partial charge in [0.25, 0.3) is 0 Å². The largest absolute Gasteiger partial charge is 0.342 e. The fourth-order valence-electron chi connectivity index (χ4n) is 2.66. The highest BCUT2D eigenvalue weighted by molar-refractivity contribution is 6.31. The topological polar surface area (TPSA) is 58.1 Å². The molecule has 1 aromatic carbocycles. The quantitative estimate of drug-likeness (QED) is 0.946. The molecule has 5 nitrogen and oxygen atoms in total. The summed E-state index contributed by atoms with van der Waals surface area (Å²) in [5.74, 6) is 0.522. The molecule has 1 N–H and O–H groups in total. The van der Waals surface area contributed by atoms with Crippen LogP contribution in [0.2, 0.25) is 5.02 Å². The molecular formula is C16H17ClN4O. The molecule has 1 saturated heterocycles. The van der Waals surface area contributed by atoms with E-state index in [0.717, 1.165) is 17.1 Å². The summed E-state index contributed by atoms with van der Waals surface area (Å²) < 4.78 is 0. The molecular weight excluding hydrogens is 300 g/mol. The summed E-state index contributed by atoms with van der Waals surface area (Å²) in [5, 5.41) is 3.76. The molecule has 1 unspecified atom stereocenters. The molecule has 114 valence electrons. The average Bonchev–Trinajstić information content (AvgIpc) is 2.79. The molecule has 1 atom stereocenters. The van der Waals surface area contributed by atoms with E-state index in [-0.39, 0.29) is 11.9 Å². The fourth-order valence-corrected chi connectivity index (χ4v) is 2.85. The number of carbonyl (C=O) groups is 1. The van der Waals surface area contributed by atoms with Crippen molar-refractivity contribution in [1.29, 1.82) is 0 Å². The van der Waals surface area contributed by atoms with Gasteiger partial charge in [0.15, 0.2) is 0 Å². The van der Waals surface area contributed by atoms with E-state index in [1.165, 1.54) is 0 Å². The number of carbonyl (C=O) groups excluding carboxylic acids is 1. The number of amides is 1. The third-order valence-corrected chi connectivity index (χ3v) is 3.85. The maximum Gasteiger partial charge on any atom is 0.249 e. The SMILES string of the molecule is Cc1cc(C)nc(NC2CCN(c3cccc(Cl)c3)C2=O)n1. The highest BCUT2D eigenvalue weighted by Gasteiger charge is 2.33. The molecule has 3 rings (SSSR count). The maximum atomic E-state index is 12.6. The van der Waals surface area contributed by atoms with Crippen molar-refractivity contribution in [2.24, 2.45) is 0 Å². The van der Waals surface area contributed by atoms with Crippen LogP contribution in [0.25, 0.3) is 0 Å². The van der Waals surface area contributed by atoms with E-state index in [1.54, 1.807) is 17.0 Å². The summed E-state index contributed by atoms with van der Waals surface area (Å²) in [4.78, 5) is 23.0. The Balaban J connectivity index is 1.76. The lowest BCUT2D eigenvalue weighted by Crippen LogP contribution is -2.34. The van der Waals surface area contributed by atoms with Gasteiger partial charge < -0.3 is 10.2 Å². The van der Waals surface area contributed by atoms with Gasteiger partial charge in [-0.3, -0.25) is 4.79 Å². The number of halogens is 1. The number of aromatic nitrogens is 2. The first-order valence-electron chi connectivity index (χ1n) is 7.19. The monoisotopic (exact) mass is 316 g/mol. The van der Waals surface area contributed by atoms with E-state index >= 15 is 0 Å². The van der Waals surface area contributed by atoms with E-state index < -0.39 is 0 Å². The van der Waals surface area contributed by atoms with E-state index in [2.05, 4.69) is 15.3 Å². The van der Waals surface area contributed by atoms with E-state index in [0.29, 0.717) is 23.9 Å². The predicted molar refractivity (Wildman–Crippen MR) is 87.3 cm³/mol. The molecule has 0 spiro atoms. The Morgan fingerprint density at radius 3 is 2.64 bits per heavy atom. The Hall–Kier alpha value is -2.14. The summed E-state index contributed by atoms with van der Waals surface area (Å²) >= 11 is 6.00. The predicted octanol–water partition coefficient (Wildman–Crippen LogP) is 2.96. The number of anilines is 2. The van der Waals surface area contributed by atoms with Gasteiger partial charge in [0, 0.05) is 28.6 Å². The molecule has 2 aromatic rings. The smallest absolute Gasteiger partial charge is 0.249 e. The van der Waals surface area contributed by atoms with Crippen LogP contribution in [-0.4, -0.2) is 28.5 Å². The van der Waals surface area contributed by atoms with Crippen molar-refractivity contribution in [3.8, 4) is 0 Å². The van der Waals surface area contributed by atoms with Gasteiger partial charge in [0.1, 0.15) is 6.04 Å². The van der Waals surface area contributed by atoms with Gasteiger partial charge in [0.2, 0.25) is 11.9 Å². The molecule has 1 aromatic heterocycles. The summed E-state index contributed by atoms with van der Waals surface area (Å²) in [6, 6.07) is 8.93. The molecule has 22 heavy (non-hydrogen) atoms. The highest BCUT2D eigenvalue weighted by atomic mass is 35.5. The minimum Gasteiger partial charge on any atom is -0.342 e. The van der Waals surface area contributed by atoms with Gasteiger partial charge >= 0.3 is 0 Å². The lowest BCUT2D eigenvalue weighted by atomic mass is 10.2. The Bertz CT molecular complexity index is 699. The van der Waals surface area contributed by atoms with Crippen molar-refractivity contribution in [3.05, 3.63) is 46.7 Å². The number of benzene rings is 1. The second-order valence-electron chi connectivity index (χ2n) is 5.43. The van der Waals surface area contributed by atoms with Gasteiger partial charge in [0.05, 0.1) is 0 Å². The summed E-state index contributed by atoms with van der Waals surface area (Å²) in [6.07, 6.45) is 0.710. The molecule has 0 radical (unpaired) electrons. The zero-order valence-electron chi connectivity index (χ0n) is 12.5. The molecule has 2 heterocycles. The van der Waals surface area contributed by atoms with Gasteiger partial charge in [-0.25, -0.2) is 9.97 Å². The average molecular weight is 317 g/mol. The van der Waals surface area contributed by atoms with Crippen LogP contribution in [0.3, 0.4) is 0 Å². The van der Waals surface area contributed by atoms with Crippen LogP contribution in [-0.2, 0) is 4.79 Å². The van der Waals surface area contributed by atoms with Gasteiger partial charge in [-0.05, 0) is 44.5 Å². The summed E-state index contributed by atoms with van der Waals surface area (Å²) in [5.41, 5.74) is 2.59. The number of hydrogen-bond acceptors (Lipinski definition) is 4. The van der Waals surface area contributed by atoms with E-state index in [1.807, 2.05) is 32.0 Å². The maximum absolute atomic E-state index is 12.6. The van der Waals surface area contributed by atoms with Crippen molar-refractivity contribution >= 4 is 29.1 Å². The second-order valence-corrected chi connectivity index (χ2v) is 5.87. The van der Waals surface area contributed by atoms with Crippen LogP contribution in [0.5, 0.6) is 0 Å². The second kappa shape index (κ2) is 5.93. The number of hydrogen-bond donors (Lipinski definition) is 1. The zero-order valence-corrected chi connectivity index (χ0v) is 13.3. The first-order chi connectivity index (χ1) is 10.5. The molecule has 6 heteroatoms. The Kier molecular flexibility index (Phi) is 3.98. The van der Waals surface area contributed by atoms with Gasteiger partial charge in [-0.15, -0.1) is 0 Å². The van der Waals surface area contributed by atoms with Crippen molar-refractivity contribution in [3.63, 3.8) is 0 Å². The number of rotatable bonds is 3. The van der Waals surface area contributed by atoms with Gasteiger partial charge in [-0.1, -0.05) is 17.7 Å². The minimum atomic E-state index is -0.305. The first-order valence-corrected chi connectivity index (χ1v) is 7.56. The van der Waals surface area contributed by atoms with E-state index in [4.69, 9.17) is 11.6 Å². The molecule has 1 fully saturated rings. The summed E-state index contributed by atoms with van der Waals surface area (Å²) in [7, 11) is 0. The number of nitrogens with one attached hydrogen (secondary N) is 1. The number of aryl methyl sites for hydroxylation is 2. The summed E-state index contributed by atoms with van der Waals surface area (Å²) in [6.45, 7) is 4.48. The molecule has 0 aliphatic carbocycles. The van der Waals surface area contributed by atoms with Crippen LogP contribution >= 0.6 is 11.6 Å². The minimum absolute atomic E-state index is 0.0185. The van der Waals surface area contributed by atoms with Gasteiger partial charge in [-0.2, -0.15) is 0 Å². The lowest BCUT2D eigenvalue weighted by Gasteiger charge is -2.17. The Morgan fingerprint density at radius 2 is 1.95 bits per heavy atom. The molecule has 1 aliphatic heterocycles. The van der Waals surface area contributed by atoms with Crippen LogP contribution in [0, 0.1) is 13.8 Å². The van der Waals surface area contributed by atoms with Crippen molar-refractivity contribution in [1.82, 2.24) is 9.97 Å². The Morgan fingerprint density at radius 1 is 1.23 bits per heavy atom. The van der Waals surface area contributed by atoms with Crippen molar-refractivity contribution in [2.75, 3.05) is 16.8 Å². The molecule has 0 saturated carbocycles. The highest BCUT2D eigenvalue weighted by Crippen LogP contribution is 2.25. The molecule has 1 aliphatic rings. The van der Waals surface area contributed by atoms with Crippen molar-refractivity contribution in [2.45, 2.75) is 26.3 Å². The normalized spacial score (nSPS) is 17.9.